The molecule has 0 aliphatic carbocycles. The first-order chi connectivity index (χ1) is 4.58. The first kappa shape index (κ1) is 7.59. The fraction of sp³-hybridized carbons (Fsp3) is 0.250. The van der Waals surface area contributed by atoms with Gasteiger partial charge in [-0.15, -0.1) is 13.2 Å². The van der Waals surface area contributed by atoms with Crippen LogP contribution in [0.3, 0.4) is 0 Å². The normalized spacial score (nSPS) is 18.1. The van der Waals surface area contributed by atoms with E-state index >= 15 is 0 Å². The molecular formula is C4H3F3NOS. The van der Waals surface area contributed by atoms with Crippen LogP contribution in [0.4, 0.5) is 13.2 Å². The van der Waals surface area contributed by atoms with E-state index in [1.807, 2.05) is 0 Å². The standard InChI is InChI=1S/C4H3F3NOS/c5-4(6,7)9-3-1-2-10-8-3/h1-2,8H. The second kappa shape index (κ2) is 2.61. The highest BCUT2D eigenvalue weighted by Gasteiger charge is 2.32. The minimum absolute atomic E-state index is 0.280. The van der Waals surface area contributed by atoms with Gasteiger partial charge in [-0.1, -0.05) is 0 Å². The minimum atomic E-state index is -4.60. The molecule has 6 heteroatoms. The van der Waals surface area contributed by atoms with Crippen LogP contribution < -0.4 is 4.72 Å². The third kappa shape index (κ3) is 2.38. The molecule has 0 atom stereocenters. The summed E-state index contributed by atoms with van der Waals surface area (Å²) in [6, 6.07) is 0. The third-order valence-corrected chi connectivity index (χ3v) is 1.26. The van der Waals surface area contributed by atoms with E-state index in [2.05, 4.69) is 9.46 Å². The largest absolute Gasteiger partial charge is 0.574 e. The van der Waals surface area contributed by atoms with Crippen molar-refractivity contribution in [2.24, 2.45) is 0 Å². The Kier molecular flexibility index (Phi) is 1.98. The summed E-state index contributed by atoms with van der Waals surface area (Å²) in [7, 11) is 0. The maximum atomic E-state index is 11.4. The molecule has 0 fully saturated rings. The van der Waals surface area contributed by atoms with Crippen molar-refractivity contribution in [1.29, 1.82) is 0 Å². The highest BCUT2D eigenvalue weighted by Crippen LogP contribution is 2.24. The first-order valence-corrected chi connectivity index (χ1v) is 3.17. The van der Waals surface area contributed by atoms with E-state index in [9.17, 15) is 13.2 Å². The molecule has 1 radical (unpaired) electrons. The maximum Gasteiger partial charge on any atom is 0.574 e. The number of rotatable bonds is 1. The molecule has 0 bridgehead atoms. The van der Waals surface area contributed by atoms with E-state index < -0.39 is 6.36 Å². The SMILES string of the molecule is FC(F)(F)OC1=C[CH]SN1. The molecule has 0 aromatic rings. The zero-order valence-corrected chi connectivity index (χ0v) is 5.42. The molecule has 0 aromatic heterocycles. The zero-order chi connectivity index (χ0) is 7.61. The minimum Gasteiger partial charge on any atom is -0.390 e. The Bertz CT molecular complexity index is 155. The molecule has 0 saturated carbocycles. The number of alkyl halides is 3. The smallest absolute Gasteiger partial charge is 0.390 e. The highest BCUT2D eigenvalue weighted by atomic mass is 32.2. The Labute approximate surface area is 59.6 Å². The van der Waals surface area contributed by atoms with Gasteiger partial charge in [0.25, 0.3) is 0 Å². The van der Waals surface area contributed by atoms with Gasteiger partial charge in [-0.2, -0.15) is 0 Å². The van der Waals surface area contributed by atoms with Gasteiger partial charge < -0.3 is 4.74 Å². The Morgan fingerprint density at radius 2 is 2.20 bits per heavy atom. The fourth-order valence-electron chi connectivity index (χ4n) is 0.401. The van der Waals surface area contributed by atoms with Crippen molar-refractivity contribution in [1.82, 2.24) is 4.72 Å². The lowest BCUT2D eigenvalue weighted by atomic mass is 10.7. The number of hydrogen-bond donors (Lipinski definition) is 1. The van der Waals surface area contributed by atoms with Gasteiger partial charge in [0, 0.05) is 0 Å². The molecule has 1 heterocycles. The lowest BCUT2D eigenvalue weighted by Crippen LogP contribution is -2.16. The molecule has 57 valence electrons. The van der Waals surface area contributed by atoms with Crippen molar-refractivity contribution < 1.29 is 17.9 Å². The average molecular weight is 170 g/mol. The van der Waals surface area contributed by atoms with Crippen LogP contribution in [0.2, 0.25) is 0 Å². The Morgan fingerprint density at radius 3 is 2.60 bits per heavy atom. The summed E-state index contributed by atoms with van der Waals surface area (Å²) in [5.41, 5.74) is 0. The molecular weight excluding hydrogens is 167 g/mol. The molecule has 1 aliphatic rings. The quantitative estimate of drug-likeness (QED) is 0.606. The number of halogens is 3. The van der Waals surface area contributed by atoms with Gasteiger partial charge in [0.05, 0.1) is 5.75 Å². The van der Waals surface area contributed by atoms with Crippen LogP contribution >= 0.6 is 11.9 Å². The summed E-state index contributed by atoms with van der Waals surface area (Å²) < 4.78 is 39.9. The monoisotopic (exact) mass is 170 g/mol. The van der Waals surface area contributed by atoms with Gasteiger partial charge in [-0.05, 0) is 18.0 Å². The van der Waals surface area contributed by atoms with E-state index in [1.165, 1.54) is 11.8 Å². The van der Waals surface area contributed by atoms with Crippen molar-refractivity contribution in [3.05, 3.63) is 17.7 Å². The molecule has 0 spiro atoms. The predicted octanol–water partition coefficient (Wildman–Crippen LogP) is 1.78. The van der Waals surface area contributed by atoms with E-state index in [-0.39, 0.29) is 5.88 Å². The van der Waals surface area contributed by atoms with Crippen molar-refractivity contribution in [3.63, 3.8) is 0 Å². The molecule has 0 amide bonds. The Hall–Kier alpha value is -0.520. The lowest BCUT2D eigenvalue weighted by molar-refractivity contribution is -0.306. The van der Waals surface area contributed by atoms with Crippen LogP contribution in [0, 0.1) is 5.75 Å². The summed E-state index contributed by atoms with van der Waals surface area (Å²) in [5, 5.41) is 0. The Morgan fingerprint density at radius 1 is 1.50 bits per heavy atom. The van der Waals surface area contributed by atoms with Crippen LogP contribution in [0.5, 0.6) is 0 Å². The van der Waals surface area contributed by atoms with Crippen molar-refractivity contribution >= 4 is 11.9 Å². The number of nitrogens with one attached hydrogen (secondary N) is 1. The third-order valence-electron chi connectivity index (χ3n) is 0.673. The second-order valence-corrected chi connectivity index (χ2v) is 2.15. The molecule has 0 saturated heterocycles. The molecule has 1 N–H and O–H groups in total. The van der Waals surface area contributed by atoms with E-state index in [1.54, 1.807) is 0 Å². The van der Waals surface area contributed by atoms with Crippen molar-refractivity contribution in [3.8, 4) is 0 Å². The van der Waals surface area contributed by atoms with E-state index in [0.717, 1.165) is 11.9 Å². The van der Waals surface area contributed by atoms with Crippen LogP contribution in [0.1, 0.15) is 0 Å². The number of ether oxygens (including phenoxy) is 1. The molecule has 0 unspecified atom stereocenters. The molecule has 2 nitrogen and oxygen atoms in total. The van der Waals surface area contributed by atoms with E-state index in [0.29, 0.717) is 0 Å². The van der Waals surface area contributed by atoms with Gasteiger partial charge in [0.15, 0.2) is 0 Å². The van der Waals surface area contributed by atoms with Gasteiger partial charge in [0.2, 0.25) is 5.88 Å². The second-order valence-electron chi connectivity index (χ2n) is 1.43. The van der Waals surface area contributed by atoms with Gasteiger partial charge in [-0.3, -0.25) is 4.72 Å². The van der Waals surface area contributed by atoms with E-state index in [4.69, 9.17) is 0 Å². The van der Waals surface area contributed by atoms with Crippen molar-refractivity contribution in [2.45, 2.75) is 6.36 Å². The fourth-order valence-corrected chi connectivity index (χ4v) is 0.887. The summed E-state index contributed by atoms with van der Waals surface area (Å²) in [6.45, 7) is 0. The molecule has 1 aliphatic heterocycles. The molecule has 1 rings (SSSR count). The summed E-state index contributed by atoms with van der Waals surface area (Å²) in [4.78, 5) is 0. The molecule has 0 aromatic carbocycles. The van der Waals surface area contributed by atoms with Crippen LogP contribution in [0.25, 0.3) is 0 Å². The first-order valence-electron chi connectivity index (χ1n) is 2.29. The van der Waals surface area contributed by atoms with Gasteiger partial charge >= 0.3 is 6.36 Å². The van der Waals surface area contributed by atoms with Crippen LogP contribution in [-0.4, -0.2) is 6.36 Å². The van der Waals surface area contributed by atoms with Gasteiger partial charge in [0.1, 0.15) is 0 Å². The highest BCUT2D eigenvalue weighted by molar-refractivity contribution is 7.99. The molecule has 10 heavy (non-hydrogen) atoms. The number of hydrogen-bond acceptors (Lipinski definition) is 3. The topological polar surface area (TPSA) is 21.3 Å². The van der Waals surface area contributed by atoms with Crippen molar-refractivity contribution in [2.75, 3.05) is 0 Å². The Balaban J connectivity index is 2.38. The van der Waals surface area contributed by atoms with Crippen LogP contribution in [-0.2, 0) is 4.74 Å². The van der Waals surface area contributed by atoms with Crippen LogP contribution in [0.15, 0.2) is 12.0 Å². The summed E-state index contributed by atoms with van der Waals surface area (Å²) in [5.74, 6) is 1.18. The summed E-state index contributed by atoms with van der Waals surface area (Å²) in [6.07, 6.45) is -3.39. The zero-order valence-electron chi connectivity index (χ0n) is 4.61. The average Bonchev–Trinajstić information content (AvgIpc) is 2.12. The predicted molar refractivity (Wildman–Crippen MR) is 30.2 cm³/mol. The lowest BCUT2D eigenvalue weighted by Gasteiger charge is -2.08. The van der Waals surface area contributed by atoms with Gasteiger partial charge in [-0.25, -0.2) is 0 Å². The maximum absolute atomic E-state index is 11.4. The summed E-state index contributed by atoms with van der Waals surface area (Å²) >= 11 is 1.03.